The number of carbonyl (C=O) groups is 1. The molecular formula is C17H30N4O. The van der Waals surface area contributed by atoms with Gasteiger partial charge in [-0.05, 0) is 39.8 Å². The van der Waals surface area contributed by atoms with Crippen molar-refractivity contribution in [2.24, 2.45) is 7.05 Å². The van der Waals surface area contributed by atoms with Crippen LogP contribution in [0.3, 0.4) is 0 Å². The predicted octanol–water partition coefficient (Wildman–Crippen LogP) is 2.12. The summed E-state index contributed by atoms with van der Waals surface area (Å²) in [6.07, 6.45) is 11.9. The lowest BCUT2D eigenvalue weighted by atomic mass is 9.95. The van der Waals surface area contributed by atoms with Crippen molar-refractivity contribution in [3.63, 3.8) is 0 Å². The van der Waals surface area contributed by atoms with Crippen LogP contribution < -0.4 is 5.32 Å². The fraction of sp³-hybridized carbons (Fsp3) is 0.765. The first kappa shape index (κ1) is 17.0. The van der Waals surface area contributed by atoms with Crippen LogP contribution in [0.1, 0.15) is 51.3 Å². The molecular weight excluding hydrogens is 276 g/mol. The van der Waals surface area contributed by atoms with E-state index in [2.05, 4.69) is 19.8 Å². The molecule has 1 saturated carbocycles. The molecule has 1 fully saturated rings. The van der Waals surface area contributed by atoms with Crippen molar-refractivity contribution in [2.75, 3.05) is 13.6 Å². The topological polar surface area (TPSA) is 50.2 Å². The summed E-state index contributed by atoms with van der Waals surface area (Å²) in [5.41, 5.74) is 0. The van der Waals surface area contributed by atoms with Gasteiger partial charge in [-0.15, -0.1) is 0 Å². The monoisotopic (exact) mass is 306 g/mol. The molecule has 2 rings (SSSR count). The lowest BCUT2D eigenvalue weighted by Crippen LogP contribution is -2.47. The van der Waals surface area contributed by atoms with Crippen LogP contribution in [0.15, 0.2) is 12.4 Å². The molecule has 124 valence electrons. The van der Waals surface area contributed by atoms with E-state index in [9.17, 15) is 4.79 Å². The zero-order valence-corrected chi connectivity index (χ0v) is 14.2. The number of aromatic nitrogens is 2. The Balaban J connectivity index is 1.70. The van der Waals surface area contributed by atoms with Gasteiger partial charge in [0.25, 0.3) is 0 Å². The smallest absolute Gasteiger partial charge is 0.237 e. The van der Waals surface area contributed by atoms with Gasteiger partial charge >= 0.3 is 0 Å². The maximum absolute atomic E-state index is 12.3. The zero-order chi connectivity index (χ0) is 15.9. The van der Waals surface area contributed by atoms with E-state index in [1.165, 1.54) is 19.3 Å². The van der Waals surface area contributed by atoms with Crippen LogP contribution in [0, 0.1) is 0 Å². The number of imidazole rings is 1. The van der Waals surface area contributed by atoms with Gasteiger partial charge in [0.1, 0.15) is 5.82 Å². The highest BCUT2D eigenvalue weighted by Gasteiger charge is 2.22. The van der Waals surface area contributed by atoms with Gasteiger partial charge in [-0.25, -0.2) is 4.98 Å². The van der Waals surface area contributed by atoms with Crippen molar-refractivity contribution in [1.82, 2.24) is 19.8 Å². The van der Waals surface area contributed by atoms with Crippen molar-refractivity contribution in [2.45, 2.75) is 64.0 Å². The summed E-state index contributed by atoms with van der Waals surface area (Å²) in [4.78, 5) is 18.8. The summed E-state index contributed by atoms with van der Waals surface area (Å²) in [7, 11) is 4.05. The fourth-order valence-electron chi connectivity index (χ4n) is 3.09. The normalized spacial score (nSPS) is 17.6. The highest BCUT2D eigenvalue weighted by Crippen LogP contribution is 2.17. The number of nitrogens with zero attached hydrogens (tertiary/aromatic N) is 3. The maximum Gasteiger partial charge on any atom is 0.237 e. The van der Waals surface area contributed by atoms with Gasteiger partial charge < -0.3 is 9.88 Å². The number of likely N-dealkylation sites (N-methyl/N-ethyl adjacent to an activating group) is 1. The summed E-state index contributed by atoms with van der Waals surface area (Å²) in [6.45, 7) is 2.91. The minimum atomic E-state index is -0.0664. The first-order valence-electron chi connectivity index (χ1n) is 8.54. The Morgan fingerprint density at radius 3 is 2.82 bits per heavy atom. The Morgan fingerprint density at radius 1 is 1.45 bits per heavy atom. The molecule has 22 heavy (non-hydrogen) atoms. The molecule has 1 atom stereocenters. The molecule has 1 aromatic rings. The highest BCUT2D eigenvalue weighted by atomic mass is 16.2. The molecule has 0 aliphatic heterocycles. The lowest BCUT2D eigenvalue weighted by Gasteiger charge is -2.28. The first-order chi connectivity index (χ1) is 10.6. The van der Waals surface area contributed by atoms with Crippen molar-refractivity contribution in [1.29, 1.82) is 0 Å². The van der Waals surface area contributed by atoms with Gasteiger partial charge in [-0.2, -0.15) is 0 Å². The number of rotatable bonds is 7. The number of carbonyl (C=O) groups excluding carboxylic acids is 1. The fourth-order valence-corrected chi connectivity index (χ4v) is 3.09. The minimum absolute atomic E-state index is 0.0664. The van der Waals surface area contributed by atoms with E-state index in [1.54, 1.807) is 0 Å². The standard InChI is InChI=1S/C17H30N4O/c1-14(17(22)19-15-8-5-4-6-9-15)20(2)12-7-10-16-18-11-13-21(16)3/h11,13-15H,4-10,12H2,1-3H3,(H,19,22)/t14-/m1/s1. The van der Waals surface area contributed by atoms with Crippen LogP contribution in [0.4, 0.5) is 0 Å². The van der Waals surface area contributed by atoms with Gasteiger partial charge in [-0.3, -0.25) is 9.69 Å². The summed E-state index contributed by atoms with van der Waals surface area (Å²) >= 11 is 0. The molecule has 5 nitrogen and oxygen atoms in total. The summed E-state index contributed by atoms with van der Waals surface area (Å²) in [6, 6.07) is 0.327. The Hall–Kier alpha value is -1.36. The minimum Gasteiger partial charge on any atom is -0.352 e. The SMILES string of the molecule is C[C@H](C(=O)NC1CCCCC1)N(C)CCCc1nccn1C. The molecule has 1 aliphatic rings. The van der Waals surface area contributed by atoms with Crippen molar-refractivity contribution < 1.29 is 4.79 Å². The molecule has 0 saturated heterocycles. The van der Waals surface area contributed by atoms with Crippen LogP contribution in [0.25, 0.3) is 0 Å². The maximum atomic E-state index is 12.3. The number of nitrogens with one attached hydrogen (secondary N) is 1. The van der Waals surface area contributed by atoms with Crippen LogP contribution in [-0.2, 0) is 18.3 Å². The van der Waals surface area contributed by atoms with E-state index < -0.39 is 0 Å². The van der Waals surface area contributed by atoms with Crippen LogP contribution >= 0.6 is 0 Å². The third-order valence-electron chi connectivity index (χ3n) is 4.82. The number of hydrogen-bond acceptors (Lipinski definition) is 3. The lowest BCUT2D eigenvalue weighted by molar-refractivity contribution is -0.126. The van der Waals surface area contributed by atoms with Gasteiger partial charge in [-0.1, -0.05) is 19.3 Å². The van der Waals surface area contributed by atoms with E-state index >= 15 is 0 Å². The summed E-state index contributed by atoms with van der Waals surface area (Å²) in [5, 5.41) is 3.22. The van der Waals surface area contributed by atoms with Crippen LogP contribution in [-0.4, -0.2) is 46.0 Å². The van der Waals surface area contributed by atoms with E-state index in [1.807, 2.05) is 33.4 Å². The number of aryl methyl sites for hydroxylation is 2. The molecule has 1 aliphatic carbocycles. The Kier molecular flexibility index (Phi) is 6.43. The van der Waals surface area contributed by atoms with Crippen molar-refractivity contribution in [3.8, 4) is 0 Å². The largest absolute Gasteiger partial charge is 0.352 e. The summed E-state index contributed by atoms with van der Waals surface area (Å²) in [5.74, 6) is 1.28. The first-order valence-corrected chi connectivity index (χ1v) is 8.54. The second kappa shape index (κ2) is 8.32. The van der Waals surface area contributed by atoms with E-state index in [0.717, 1.165) is 38.1 Å². The second-order valence-corrected chi connectivity index (χ2v) is 6.56. The zero-order valence-electron chi connectivity index (χ0n) is 14.2. The average Bonchev–Trinajstić information content (AvgIpc) is 2.92. The average molecular weight is 306 g/mol. The Bertz CT molecular complexity index is 465. The van der Waals surface area contributed by atoms with Gasteiger partial charge in [0.15, 0.2) is 0 Å². The highest BCUT2D eigenvalue weighted by molar-refractivity contribution is 5.81. The summed E-state index contributed by atoms with van der Waals surface area (Å²) < 4.78 is 2.05. The molecule has 0 spiro atoms. The molecule has 1 heterocycles. The molecule has 0 aromatic carbocycles. The predicted molar refractivity (Wildman–Crippen MR) is 88.6 cm³/mol. The van der Waals surface area contributed by atoms with E-state index in [4.69, 9.17) is 0 Å². The molecule has 1 aromatic heterocycles. The van der Waals surface area contributed by atoms with Gasteiger partial charge in [0, 0.05) is 31.9 Å². The Labute approximate surface area is 134 Å². The molecule has 1 N–H and O–H groups in total. The quantitative estimate of drug-likeness (QED) is 0.839. The van der Waals surface area contributed by atoms with Gasteiger partial charge in [0.05, 0.1) is 6.04 Å². The molecule has 0 bridgehead atoms. The van der Waals surface area contributed by atoms with Crippen molar-refractivity contribution in [3.05, 3.63) is 18.2 Å². The van der Waals surface area contributed by atoms with Gasteiger partial charge in [0.2, 0.25) is 5.91 Å². The van der Waals surface area contributed by atoms with E-state index in [0.29, 0.717) is 6.04 Å². The molecule has 5 heteroatoms. The molecule has 1 amide bonds. The number of amides is 1. The van der Waals surface area contributed by atoms with Crippen LogP contribution in [0.2, 0.25) is 0 Å². The van der Waals surface area contributed by atoms with E-state index in [-0.39, 0.29) is 11.9 Å². The number of hydrogen-bond donors (Lipinski definition) is 1. The molecule has 0 radical (unpaired) electrons. The molecule has 0 unspecified atom stereocenters. The van der Waals surface area contributed by atoms with Crippen LogP contribution in [0.5, 0.6) is 0 Å². The second-order valence-electron chi connectivity index (χ2n) is 6.56. The Morgan fingerprint density at radius 2 is 2.18 bits per heavy atom. The third-order valence-corrected chi connectivity index (χ3v) is 4.82. The third kappa shape index (κ3) is 4.83. The van der Waals surface area contributed by atoms with Crippen molar-refractivity contribution >= 4 is 5.91 Å².